The van der Waals surface area contributed by atoms with Gasteiger partial charge in [-0.15, -0.1) is 0 Å². The average Bonchev–Trinajstić information content (AvgIpc) is 2.51. The Morgan fingerprint density at radius 2 is 1.74 bits per heavy atom. The van der Waals surface area contributed by atoms with Gasteiger partial charge in [-0.2, -0.15) is 0 Å². The molecule has 0 heterocycles. The number of hydrogen-bond donors (Lipinski definition) is 1. The van der Waals surface area contributed by atoms with Crippen LogP contribution in [0.3, 0.4) is 0 Å². The van der Waals surface area contributed by atoms with Crippen molar-refractivity contribution in [2.45, 2.75) is 59.5 Å². The molecule has 0 bridgehead atoms. The number of carbonyl (C=O) groups is 1. The fourth-order valence-corrected chi connectivity index (χ4v) is 2.44. The van der Waals surface area contributed by atoms with Crippen molar-refractivity contribution >= 4 is 11.6 Å². The van der Waals surface area contributed by atoms with Gasteiger partial charge in [-0.3, -0.25) is 4.79 Å². The molecule has 0 spiro atoms. The van der Waals surface area contributed by atoms with Crippen LogP contribution in [0, 0.1) is 5.92 Å². The highest BCUT2D eigenvalue weighted by atomic mass is 16.5. The van der Waals surface area contributed by atoms with Crippen LogP contribution in [0.4, 0.5) is 5.69 Å². The normalized spacial score (nSPS) is 13.7. The first-order chi connectivity index (χ1) is 10.9. The molecule has 0 radical (unpaired) electrons. The Morgan fingerprint density at radius 3 is 2.26 bits per heavy atom. The maximum Gasteiger partial charge on any atom is 0.256 e. The van der Waals surface area contributed by atoms with E-state index < -0.39 is 5.60 Å². The second kappa shape index (κ2) is 9.56. The van der Waals surface area contributed by atoms with E-state index in [4.69, 9.17) is 9.47 Å². The summed E-state index contributed by atoms with van der Waals surface area (Å²) < 4.78 is 11.4. The van der Waals surface area contributed by atoms with Gasteiger partial charge in [0.25, 0.3) is 5.91 Å². The zero-order valence-corrected chi connectivity index (χ0v) is 15.1. The number of benzene rings is 1. The van der Waals surface area contributed by atoms with Gasteiger partial charge in [-0.1, -0.05) is 27.7 Å². The molecule has 1 N–H and O–H groups in total. The van der Waals surface area contributed by atoms with Gasteiger partial charge in [0.05, 0.1) is 6.61 Å². The number of anilines is 1. The third kappa shape index (κ3) is 6.61. The van der Waals surface area contributed by atoms with Crippen molar-refractivity contribution in [3.05, 3.63) is 24.3 Å². The van der Waals surface area contributed by atoms with Crippen molar-refractivity contribution in [1.29, 1.82) is 0 Å². The molecular formula is C19H31NO3. The molecule has 4 heteroatoms. The van der Waals surface area contributed by atoms with Gasteiger partial charge < -0.3 is 14.8 Å². The molecule has 0 saturated heterocycles. The Kier molecular flexibility index (Phi) is 8.10. The van der Waals surface area contributed by atoms with Gasteiger partial charge in [0.2, 0.25) is 0 Å². The van der Waals surface area contributed by atoms with Crippen LogP contribution in [-0.2, 0) is 9.53 Å². The van der Waals surface area contributed by atoms with Crippen molar-refractivity contribution in [2.75, 3.05) is 18.5 Å². The SMILES string of the molecule is CCCOc1ccc(NC(=O)C(C)(CC(C)C)OCCC)cc1. The fourth-order valence-electron chi connectivity index (χ4n) is 2.44. The van der Waals surface area contributed by atoms with Crippen LogP contribution in [0.5, 0.6) is 5.75 Å². The predicted octanol–water partition coefficient (Wildman–Crippen LogP) is 4.65. The number of ether oxygens (including phenoxy) is 2. The standard InChI is InChI=1S/C19H31NO3/c1-6-12-22-17-10-8-16(9-11-17)20-18(21)19(5,14-15(3)4)23-13-7-2/h8-11,15H,6-7,12-14H2,1-5H3,(H,20,21). The van der Waals surface area contributed by atoms with Gasteiger partial charge >= 0.3 is 0 Å². The molecule has 1 aromatic rings. The zero-order chi connectivity index (χ0) is 17.3. The van der Waals surface area contributed by atoms with Crippen molar-refractivity contribution in [3.8, 4) is 5.75 Å². The Bertz CT molecular complexity index is 470. The molecule has 0 aliphatic carbocycles. The van der Waals surface area contributed by atoms with Crippen LogP contribution in [0.25, 0.3) is 0 Å². The summed E-state index contributed by atoms with van der Waals surface area (Å²) >= 11 is 0. The lowest BCUT2D eigenvalue weighted by molar-refractivity contribution is -0.141. The van der Waals surface area contributed by atoms with E-state index in [1.807, 2.05) is 38.1 Å². The first kappa shape index (κ1) is 19.5. The number of nitrogens with one attached hydrogen (secondary N) is 1. The molecule has 23 heavy (non-hydrogen) atoms. The summed E-state index contributed by atoms with van der Waals surface area (Å²) in [5.74, 6) is 1.10. The third-order valence-corrected chi connectivity index (χ3v) is 3.49. The molecule has 1 aromatic carbocycles. The smallest absolute Gasteiger partial charge is 0.256 e. The van der Waals surface area contributed by atoms with E-state index in [9.17, 15) is 4.79 Å². The summed E-state index contributed by atoms with van der Waals surface area (Å²) in [6.45, 7) is 11.5. The van der Waals surface area contributed by atoms with E-state index in [-0.39, 0.29) is 5.91 Å². The average molecular weight is 321 g/mol. The number of hydrogen-bond acceptors (Lipinski definition) is 3. The molecule has 1 unspecified atom stereocenters. The predicted molar refractivity (Wildman–Crippen MR) is 95.0 cm³/mol. The summed E-state index contributed by atoms with van der Waals surface area (Å²) in [5, 5.41) is 2.96. The molecule has 1 amide bonds. The number of rotatable bonds is 10. The van der Waals surface area contributed by atoms with Crippen molar-refractivity contribution in [3.63, 3.8) is 0 Å². The van der Waals surface area contributed by atoms with Crippen LogP contribution in [-0.4, -0.2) is 24.7 Å². The third-order valence-electron chi connectivity index (χ3n) is 3.49. The Labute approximate surface area is 140 Å². The maximum absolute atomic E-state index is 12.7. The quantitative estimate of drug-likeness (QED) is 0.682. The number of carbonyl (C=O) groups excluding carboxylic acids is 1. The summed E-state index contributed by atoms with van der Waals surface area (Å²) in [5.41, 5.74) is -0.0457. The lowest BCUT2D eigenvalue weighted by Gasteiger charge is -2.30. The second-order valence-corrected chi connectivity index (χ2v) is 6.50. The molecule has 130 valence electrons. The number of amides is 1. The van der Waals surface area contributed by atoms with Crippen LogP contribution in [0.2, 0.25) is 0 Å². The molecule has 0 saturated carbocycles. The minimum atomic E-state index is -0.804. The molecule has 0 aliphatic heterocycles. The van der Waals surface area contributed by atoms with E-state index in [1.165, 1.54) is 0 Å². The highest BCUT2D eigenvalue weighted by Crippen LogP contribution is 2.24. The van der Waals surface area contributed by atoms with Crippen molar-refractivity contribution < 1.29 is 14.3 Å². The van der Waals surface area contributed by atoms with E-state index in [0.717, 1.165) is 24.3 Å². The summed E-state index contributed by atoms with van der Waals surface area (Å²) in [6, 6.07) is 7.47. The van der Waals surface area contributed by atoms with Gasteiger partial charge in [0, 0.05) is 12.3 Å². The molecule has 1 atom stereocenters. The van der Waals surface area contributed by atoms with Gasteiger partial charge in [0.15, 0.2) is 0 Å². The van der Waals surface area contributed by atoms with Gasteiger partial charge in [-0.05, 0) is 56.4 Å². The first-order valence-corrected chi connectivity index (χ1v) is 8.59. The van der Waals surface area contributed by atoms with Gasteiger partial charge in [0.1, 0.15) is 11.4 Å². The van der Waals surface area contributed by atoms with Crippen molar-refractivity contribution in [1.82, 2.24) is 0 Å². The van der Waals surface area contributed by atoms with Crippen LogP contribution < -0.4 is 10.1 Å². The maximum atomic E-state index is 12.7. The Morgan fingerprint density at radius 1 is 1.13 bits per heavy atom. The summed E-state index contributed by atoms with van der Waals surface area (Å²) in [6.07, 6.45) is 2.56. The molecule has 0 fully saturated rings. The van der Waals surface area contributed by atoms with E-state index in [0.29, 0.717) is 25.6 Å². The van der Waals surface area contributed by atoms with E-state index >= 15 is 0 Å². The molecule has 0 aromatic heterocycles. The highest BCUT2D eigenvalue weighted by molar-refractivity contribution is 5.97. The minimum Gasteiger partial charge on any atom is -0.494 e. The van der Waals surface area contributed by atoms with Gasteiger partial charge in [-0.25, -0.2) is 0 Å². The highest BCUT2D eigenvalue weighted by Gasteiger charge is 2.34. The molecular weight excluding hydrogens is 290 g/mol. The first-order valence-electron chi connectivity index (χ1n) is 8.59. The van der Waals surface area contributed by atoms with Crippen LogP contribution in [0.1, 0.15) is 53.9 Å². The monoisotopic (exact) mass is 321 g/mol. The minimum absolute atomic E-state index is 0.0955. The molecule has 1 rings (SSSR count). The molecule has 0 aliphatic rings. The molecule has 4 nitrogen and oxygen atoms in total. The Balaban J connectivity index is 2.73. The second-order valence-electron chi connectivity index (χ2n) is 6.50. The Hall–Kier alpha value is -1.55. The largest absolute Gasteiger partial charge is 0.494 e. The lowest BCUT2D eigenvalue weighted by Crippen LogP contribution is -2.44. The van der Waals surface area contributed by atoms with Crippen LogP contribution in [0.15, 0.2) is 24.3 Å². The summed E-state index contributed by atoms with van der Waals surface area (Å²) in [7, 11) is 0. The van der Waals surface area contributed by atoms with Crippen molar-refractivity contribution in [2.24, 2.45) is 5.92 Å². The fraction of sp³-hybridized carbons (Fsp3) is 0.632. The van der Waals surface area contributed by atoms with E-state index in [1.54, 1.807) is 0 Å². The lowest BCUT2D eigenvalue weighted by atomic mass is 9.93. The van der Waals surface area contributed by atoms with E-state index in [2.05, 4.69) is 26.1 Å². The van der Waals surface area contributed by atoms with Crippen LogP contribution >= 0.6 is 0 Å². The topological polar surface area (TPSA) is 47.6 Å². The zero-order valence-electron chi connectivity index (χ0n) is 15.1. The summed E-state index contributed by atoms with van der Waals surface area (Å²) in [4.78, 5) is 12.7.